The summed E-state index contributed by atoms with van der Waals surface area (Å²) < 4.78 is 32.1. The minimum Gasteiger partial charge on any atom is -0.497 e. The van der Waals surface area contributed by atoms with E-state index in [0.29, 0.717) is 38.5 Å². The first-order valence-electron chi connectivity index (χ1n) is 8.60. The molecule has 1 aliphatic heterocycles. The van der Waals surface area contributed by atoms with Gasteiger partial charge in [-0.15, -0.1) is 0 Å². The number of nitrogens with zero attached hydrogens (tertiary/aromatic N) is 2. The smallest absolute Gasteiger partial charge is 0.243 e. The number of methoxy groups -OCH3 is 1. The number of piperazine rings is 1. The molecule has 2 aromatic carbocycles. The fourth-order valence-corrected chi connectivity index (χ4v) is 4.50. The quantitative estimate of drug-likeness (QED) is 0.832. The number of ether oxygens (including phenoxy) is 1. The third kappa shape index (κ3) is 4.24. The molecule has 0 radical (unpaired) electrons. The summed E-state index contributed by atoms with van der Waals surface area (Å²) >= 11 is 0. The van der Waals surface area contributed by atoms with Gasteiger partial charge >= 0.3 is 0 Å². The van der Waals surface area contributed by atoms with Gasteiger partial charge in [0.15, 0.2) is 0 Å². The standard InChI is InChI=1S/C19H24N2O4S/c1-25-17-7-9-18(10-8-17)26(23,24)21-13-11-20(12-14-21)15-19(22)16-5-3-2-4-6-16/h2-10,19,22H,11-15H2,1H3/t19-/m0/s1. The minimum absolute atomic E-state index is 0.274. The van der Waals surface area contributed by atoms with Crippen molar-refractivity contribution in [3.05, 3.63) is 60.2 Å². The summed E-state index contributed by atoms with van der Waals surface area (Å²) in [4.78, 5) is 2.37. The van der Waals surface area contributed by atoms with Crippen LogP contribution in [0.4, 0.5) is 0 Å². The number of sulfonamides is 1. The minimum atomic E-state index is -3.50. The average molecular weight is 376 g/mol. The molecule has 0 amide bonds. The lowest BCUT2D eigenvalue weighted by Gasteiger charge is -2.35. The molecule has 2 aromatic rings. The zero-order valence-corrected chi connectivity index (χ0v) is 15.6. The highest BCUT2D eigenvalue weighted by atomic mass is 32.2. The van der Waals surface area contributed by atoms with Crippen molar-refractivity contribution < 1.29 is 18.3 Å². The van der Waals surface area contributed by atoms with Gasteiger partial charge in [0.05, 0.1) is 18.1 Å². The summed E-state index contributed by atoms with van der Waals surface area (Å²) in [6, 6.07) is 16.0. The van der Waals surface area contributed by atoms with Crippen LogP contribution in [0.15, 0.2) is 59.5 Å². The van der Waals surface area contributed by atoms with E-state index in [1.807, 2.05) is 30.3 Å². The van der Waals surface area contributed by atoms with Crippen LogP contribution in [0.2, 0.25) is 0 Å². The largest absolute Gasteiger partial charge is 0.497 e. The van der Waals surface area contributed by atoms with E-state index in [-0.39, 0.29) is 4.90 Å². The molecular formula is C19H24N2O4S. The van der Waals surface area contributed by atoms with Crippen LogP contribution in [0.3, 0.4) is 0 Å². The van der Waals surface area contributed by atoms with Crippen molar-refractivity contribution in [3.8, 4) is 5.75 Å². The molecule has 0 spiro atoms. The molecule has 1 saturated heterocycles. The van der Waals surface area contributed by atoms with E-state index in [1.165, 1.54) is 4.31 Å². The maximum absolute atomic E-state index is 12.8. The van der Waals surface area contributed by atoms with Crippen molar-refractivity contribution in [2.45, 2.75) is 11.0 Å². The van der Waals surface area contributed by atoms with Crippen LogP contribution in [0.1, 0.15) is 11.7 Å². The van der Waals surface area contributed by atoms with Crippen LogP contribution < -0.4 is 4.74 Å². The van der Waals surface area contributed by atoms with Crippen LogP contribution in [0.5, 0.6) is 5.75 Å². The van der Waals surface area contributed by atoms with Crippen molar-refractivity contribution in [1.82, 2.24) is 9.21 Å². The molecule has 0 aliphatic carbocycles. The van der Waals surface area contributed by atoms with E-state index in [2.05, 4.69) is 4.90 Å². The van der Waals surface area contributed by atoms with Gasteiger partial charge in [0.1, 0.15) is 5.75 Å². The van der Waals surface area contributed by atoms with Gasteiger partial charge in [0, 0.05) is 32.7 Å². The highest BCUT2D eigenvalue weighted by Crippen LogP contribution is 2.21. The maximum Gasteiger partial charge on any atom is 0.243 e. The predicted octanol–water partition coefficient (Wildman–Crippen LogP) is 1.74. The van der Waals surface area contributed by atoms with Crippen LogP contribution in [-0.4, -0.2) is 62.6 Å². The Hall–Kier alpha value is -1.93. The Balaban J connectivity index is 1.58. The molecule has 3 rings (SSSR count). The molecule has 0 aromatic heterocycles. The van der Waals surface area contributed by atoms with Crippen molar-refractivity contribution in [2.75, 3.05) is 39.8 Å². The molecule has 0 saturated carbocycles. The van der Waals surface area contributed by atoms with E-state index in [1.54, 1.807) is 31.4 Å². The average Bonchev–Trinajstić information content (AvgIpc) is 2.69. The highest BCUT2D eigenvalue weighted by molar-refractivity contribution is 7.89. The molecule has 1 aliphatic rings. The number of hydrogen-bond donors (Lipinski definition) is 1. The maximum atomic E-state index is 12.8. The monoisotopic (exact) mass is 376 g/mol. The molecule has 1 N–H and O–H groups in total. The molecule has 1 fully saturated rings. The van der Waals surface area contributed by atoms with Crippen molar-refractivity contribution >= 4 is 10.0 Å². The second-order valence-electron chi connectivity index (χ2n) is 6.31. The van der Waals surface area contributed by atoms with Crippen molar-refractivity contribution in [3.63, 3.8) is 0 Å². The van der Waals surface area contributed by atoms with Crippen LogP contribution >= 0.6 is 0 Å². The van der Waals surface area contributed by atoms with Crippen molar-refractivity contribution in [2.24, 2.45) is 0 Å². The van der Waals surface area contributed by atoms with Gasteiger partial charge in [-0.25, -0.2) is 8.42 Å². The summed E-state index contributed by atoms with van der Waals surface area (Å²) in [5, 5.41) is 10.3. The summed E-state index contributed by atoms with van der Waals surface area (Å²) in [6.45, 7) is 2.52. The molecule has 1 atom stereocenters. The van der Waals surface area contributed by atoms with E-state index < -0.39 is 16.1 Å². The summed E-state index contributed by atoms with van der Waals surface area (Å²) in [7, 11) is -1.95. The number of aliphatic hydroxyl groups is 1. The molecule has 7 heteroatoms. The van der Waals surface area contributed by atoms with Gasteiger partial charge in [-0.1, -0.05) is 30.3 Å². The molecule has 140 valence electrons. The lowest BCUT2D eigenvalue weighted by molar-refractivity contribution is 0.0921. The second kappa shape index (κ2) is 8.18. The summed E-state index contributed by atoms with van der Waals surface area (Å²) in [5.74, 6) is 0.628. The first-order chi connectivity index (χ1) is 12.5. The molecule has 0 bridgehead atoms. The van der Waals surface area contributed by atoms with E-state index in [0.717, 1.165) is 5.56 Å². The van der Waals surface area contributed by atoms with E-state index >= 15 is 0 Å². The first kappa shape index (κ1) is 18.8. The highest BCUT2D eigenvalue weighted by Gasteiger charge is 2.29. The van der Waals surface area contributed by atoms with Gasteiger partial charge in [0.25, 0.3) is 0 Å². The fourth-order valence-electron chi connectivity index (χ4n) is 3.07. The van der Waals surface area contributed by atoms with Crippen molar-refractivity contribution in [1.29, 1.82) is 0 Å². The number of benzene rings is 2. The Morgan fingerprint density at radius 1 is 1.00 bits per heavy atom. The van der Waals surface area contributed by atoms with Gasteiger partial charge in [-0.2, -0.15) is 4.31 Å². The lowest BCUT2D eigenvalue weighted by Crippen LogP contribution is -2.49. The van der Waals surface area contributed by atoms with Gasteiger partial charge in [-0.05, 0) is 29.8 Å². The summed E-state index contributed by atoms with van der Waals surface area (Å²) in [6.07, 6.45) is -0.569. The topological polar surface area (TPSA) is 70.1 Å². The number of β-amino-alcohol motifs (C(OH)–C–C–N with tert-alkyl or cyclic N) is 1. The molecule has 1 heterocycles. The fraction of sp³-hybridized carbons (Fsp3) is 0.368. The molecule has 0 unspecified atom stereocenters. The number of aliphatic hydroxyl groups excluding tert-OH is 1. The third-order valence-electron chi connectivity index (χ3n) is 4.64. The Bertz CT molecular complexity index is 801. The van der Waals surface area contributed by atoms with Gasteiger partial charge in [-0.3, -0.25) is 4.90 Å². The second-order valence-corrected chi connectivity index (χ2v) is 8.24. The molecule has 26 heavy (non-hydrogen) atoms. The number of hydrogen-bond acceptors (Lipinski definition) is 5. The van der Waals surface area contributed by atoms with Gasteiger partial charge in [0.2, 0.25) is 10.0 Å². The summed E-state index contributed by atoms with van der Waals surface area (Å²) in [5.41, 5.74) is 0.876. The number of rotatable bonds is 6. The van der Waals surface area contributed by atoms with E-state index in [4.69, 9.17) is 4.74 Å². The molecule has 6 nitrogen and oxygen atoms in total. The Kier molecular flexibility index (Phi) is 5.93. The Labute approximate surface area is 154 Å². The SMILES string of the molecule is COc1ccc(S(=O)(=O)N2CCN(C[C@H](O)c3ccccc3)CC2)cc1. The zero-order chi connectivity index (χ0) is 18.6. The normalized spacial score (nSPS) is 17.8. The molecular weight excluding hydrogens is 352 g/mol. The Morgan fingerprint density at radius 2 is 1.62 bits per heavy atom. The first-order valence-corrected chi connectivity index (χ1v) is 10.0. The lowest BCUT2D eigenvalue weighted by atomic mass is 10.1. The zero-order valence-electron chi connectivity index (χ0n) is 14.8. The third-order valence-corrected chi connectivity index (χ3v) is 6.56. The van der Waals surface area contributed by atoms with Crippen LogP contribution in [0, 0.1) is 0 Å². The van der Waals surface area contributed by atoms with Crippen LogP contribution in [-0.2, 0) is 10.0 Å². The van der Waals surface area contributed by atoms with Gasteiger partial charge < -0.3 is 9.84 Å². The predicted molar refractivity (Wildman–Crippen MR) is 99.6 cm³/mol. The van der Waals surface area contributed by atoms with E-state index in [9.17, 15) is 13.5 Å². The Morgan fingerprint density at radius 3 is 2.19 bits per heavy atom. The van der Waals surface area contributed by atoms with Crippen LogP contribution in [0.25, 0.3) is 0 Å².